The minimum absolute atomic E-state index is 0.379. The van der Waals surface area contributed by atoms with Crippen LogP contribution >= 0.6 is 0 Å². The summed E-state index contributed by atoms with van der Waals surface area (Å²) >= 11 is 0. The van der Waals surface area contributed by atoms with E-state index in [4.69, 9.17) is 0 Å². The van der Waals surface area contributed by atoms with Crippen LogP contribution in [-0.2, 0) is 4.79 Å². The summed E-state index contributed by atoms with van der Waals surface area (Å²) in [4.78, 5) is 16.2. The standard InChI is InChI=1S/C11H20N2O.C2H6/c1-9(2)12-6-7-13-10(8-12)4-3-5-11(13)14;1-2/h9-10H,3-8H2,1-2H3;1-2H3. The van der Waals surface area contributed by atoms with E-state index in [0.29, 0.717) is 18.0 Å². The summed E-state index contributed by atoms with van der Waals surface area (Å²) in [7, 11) is 0. The van der Waals surface area contributed by atoms with E-state index in [-0.39, 0.29) is 0 Å². The molecular weight excluding hydrogens is 200 g/mol. The van der Waals surface area contributed by atoms with Crippen LogP contribution in [0.2, 0.25) is 0 Å². The SMILES string of the molecule is CC.CC(C)N1CCN2C(=O)CCCC2C1. The Labute approximate surface area is 99.8 Å². The molecule has 3 nitrogen and oxygen atoms in total. The number of hydrogen-bond donors (Lipinski definition) is 0. The monoisotopic (exact) mass is 226 g/mol. The van der Waals surface area contributed by atoms with E-state index >= 15 is 0 Å². The van der Waals surface area contributed by atoms with Crippen LogP contribution in [0.3, 0.4) is 0 Å². The highest BCUT2D eigenvalue weighted by atomic mass is 16.2. The van der Waals surface area contributed by atoms with Gasteiger partial charge in [0, 0.05) is 38.1 Å². The van der Waals surface area contributed by atoms with Gasteiger partial charge in [-0.1, -0.05) is 13.8 Å². The van der Waals surface area contributed by atoms with Crippen molar-refractivity contribution in [3.8, 4) is 0 Å². The van der Waals surface area contributed by atoms with Crippen molar-refractivity contribution >= 4 is 5.91 Å². The van der Waals surface area contributed by atoms with Crippen LogP contribution in [0.15, 0.2) is 0 Å². The van der Waals surface area contributed by atoms with Gasteiger partial charge >= 0.3 is 0 Å². The lowest BCUT2D eigenvalue weighted by molar-refractivity contribution is -0.139. The number of carbonyl (C=O) groups is 1. The summed E-state index contributed by atoms with van der Waals surface area (Å²) in [6.45, 7) is 11.6. The van der Waals surface area contributed by atoms with E-state index in [1.165, 1.54) is 6.42 Å². The molecule has 0 spiro atoms. The van der Waals surface area contributed by atoms with Crippen LogP contribution in [0.5, 0.6) is 0 Å². The molecule has 2 aliphatic rings. The van der Waals surface area contributed by atoms with E-state index in [1.807, 2.05) is 13.8 Å². The highest BCUT2D eigenvalue weighted by molar-refractivity contribution is 5.77. The molecule has 0 aromatic rings. The quantitative estimate of drug-likeness (QED) is 0.684. The summed E-state index contributed by atoms with van der Waals surface area (Å²) in [5, 5.41) is 0. The van der Waals surface area contributed by atoms with Gasteiger partial charge in [0.2, 0.25) is 5.91 Å². The number of carbonyl (C=O) groups excluding carboxylic acids is 1. The molecule has 2 saturated heterocycles. The fourth-order valence-electron chi connectivity index (χ4n) is 2.56. The van der Waals surface area contributed by atoms with Gasteiger partial charge in [0.25, 0.3) is 0 Å². The first-order chi connectivity index (χ1) is 7.68. The van der Waals surface area contributed by atoms with Crippen LogP contribution in [0.4, 0.5) is 0 Å². The van der Waals surface area contributed by atoms with Gasteiger partial charge in [-0.3, -0.25) is 9.69 Å². The molecule has 1 amide bonds. The van der Waals surface area contributed by atoms with Crippen LogP contribution in [-0.4, -0.2) is 47.4 Å². The molecule has 0 saturated carbocycles. The second kappa shape index (κ2) is 6.24. The molecule has 0 aromatic heterocycles. The van der Waals surface area contributed by atoms with Gasteiger partial charge in [-0.25, -0.2) is 0 Å². The maximum absolute atomic E-state index is 11.6. The van der Waals surface area contributed by atoms with E-state index in [1.54, 1.807) is 0 Å². The van der Waals surface area contributed by atoms with Crippen LogP contribution < -0.4 is 0 Å². The van der Waals surface area contributed by atoms with Crippen molar-refractivity contribution in [3.05, 3.63) is 0 Å². The van der Waals surface area contributed by atoms with Crippen molar-refractivity contribution in [2.24, 2.45) is 0 Å². The summed E-state index contributed by atoms with van der Waals surface area (Å²) < 4.78 is 0. The fourth-order valence-corrected chi connectivity index (χ4v) is 2.56. The fraction of sp³-hybridized carbons (Fsp3) is 0.923. The second-order valence-electron chi connectivity index (χ2n) is 4.72. The molecule has 0 aliphatic carbocycles. The zero-order chi connectivity index (χ0) is 12.1. The number of hydrogen-bond acceptors (Lipinski definition) is 2. The first-order valence-corrected chi connectivity index (χ1v) is 6.72. The number of piperidine rings is 1. The predicted octanol–water partition coefficient (Wildman–Crippen LogP) is 2.12. The largest absolute Gasteiger partial charge is 0.337 e. The average molecular weight is 226 g/mol. The first-order valence-electron chi connectivity index (χ1n) is 6.72. The van der Waals surface area contributed by atoms with Crippen LogP contribution in [0.1, 0.15) is 47.0 Å². The summed E-state index contributed by atoms with van der Waals surface area (Å²) in [5.74, 6) is 0.379. The minimum Gasteiger partial charge on any atom is -0.337 e. The topological polar surface area (TPSA) is 23.6 Å². The van der Waals surface area contributed by atoms with Gasteiger partial charge in [0.1, 0.15) is 0 Å². The molecular formula is C13H26N2O. The predicted molar refractivity (Wildman–Crippen MR) is 67.4 cm³/mol. The van der Waals surface area contributed by atoms with E-state index in [0.717, 1.165) is 32.5 Å². The molecule has 0 bridgehead atoms. The molecule has 2 rings (SSSR count). The Morgan fingerprint density at radius 3 is 2.56 bits per heavy atom. The smallest absolute Gasteiger partial charge is 0.222 e. The molecule has 2 heterocycles. The van der Waals surface area contributed by atoms with Crippen molar-refractivity contribution in [3.63, 3.8) is 0 Å². The molecule has 0 N–H and O–H groups in total. The Morgan fingerprint density at radius 2 is 1.94 bits per heavy atom. The molecule has 94 valence electrons. The third-order valence-electron chi connectivity index (χ3n) is 3.49. The van der Waals surface area contributed by atoms with Crippen molar-refractivity contribution in [2.75, 3.05) is 19.6 Å². The van der Waals surface area contributed by atoms with Gasteiger partial charge in [-0.15, -0.1) is 0 Å². The van der Waals surface area contributed by atoms with Crippen molar-refractivity contribution in [1.29, 1.82) is 0 Å². The summed E-state index contributed by atoms with van der Waals surface area (Å²) in [6.07, 6.45) is 3.07. The van der Waals surface area contributed by atoms with Crippen molar-refractivity contribution in [2.45, 2.75) is 59.0 Å². The minimum atomic E-state index is 0.379. The number of piperazine rings is 1. The van der Waals surface area contributed by atoms with Crippen molar-refractivity contribution in [1.82, 2.24) is 9.80 Å². The number of nitrogens with zero attached hydrogens (tertiary/aromatic N) is 2. The lowest BCUT2D eigenvalue weighted by atomic mass is 9.98. The molecule has 2 aliphatic heterocycles. The zero-order valence-electron chi connectivity index (χ0n) is 11.2. The molecule has 1 atom stereocenters. The summed E-state index contributed by atoms with van der Waals surface area (Å²) in [5.41, 5.74) is 0. The highest BCUT2D eigenvalue weighted by Gasteiger charge is 2.33. The Kier molecular flexibility index (Phi) is 5.26. The maximum Gasteiger partial charge on any atom is 0.222 e. The maximum atomic E-state index is 11.6. The summed E-state index contributed by atoms with van der Waals surface area (Å²) in [6, 6.07) is 1.13. The van der Waals surface area contributed by atoms with Crippen molar-refractivity contribution < 1.29 is 4.79 Å². The van der Waals surface area contributed by atoms with Crippen LogP contribution in [0, 0.1) is 0 Å². The Hall–Kier alpha value is -0.570. The highest BCUT2D eigenvalue weighted by Crippen LogP contribution is 2.22. The molecule has 2 fully saturated rings. The average Bonchev–Trinajstić information content (AvgIpc) is 2.31. The molecule has 0 aromatic carbocycles. The van der Waals surface area contributed by atoms with E-state index < -0.39 is 0 Å². The van der Waals surface area contributed by atoms with Gasteiger partial charge in [-0.05, 0) is 26.7 Å². The van der Waals surface area contributed by atoms with E-state index in [2.05, 4.69) is 23.6 Å². The second-order valence-corrected chi connectivity index (χ2v) is 4.72. The lowest BCUT2D eigenvalue weighted by Gasteiger charge is -2.45. The molecule has 16 heavy (non-hydrogen) atoms. The van der Waals surface area contributed by atoms with E-state index in [9.17, 15) is 4.79 Å². The zero-order valence-corrected chi connectivity index (χ0v) is 11.2. The van der Waals surface area contributed by atoms with Gasteiger partial charge < -0.3 is 4.90 Å². The third-order valence-corrected chi connectivity index (χ3v) is 3.49. The molecule has 1 unspecified atom stereocenters. The Morgan fingerprint density at radius 1 is 1.25 bits per heavy atom. The van der Waals surface area contributed by atoms with Gasteiger partial charge in [0.15, 0.2) is 0 Å². The lowest BCUT2D eigenvalue weighted by Crippen LogP contribution is -2.58. The first kappa shape index (κ1) is 13.5. The van der Waals surface area contributed by atoms with Gasteiger partial charge in [-0.2, -0.15) is 0 Å². The Balaban J connectivity index is 0.000000606. The number of fused-ring (bicyclic) bond motifs is 1. The number of rotatable bonds is 1. The normalized spacial score (nSPS) is 26.2. The molecule has 0 radical (unpaired) electrons. The third kappa shape index (κ3) is 2.97. The Bertz CT molecular complexity index is 228. The molecule has 3 heteroatoms. The van der Waals surface area contributed by atoms with Crippen LogP contribution in [0.25, 0.3) is 0 Å². The van der Waals surface area contributed by atoms with Gasteiger partial charge in [0.05, 0.1) is 0 Å². The number of amides is 1.